The van der Waals surface area contributed by atoms with Crippen molar-refractivity contribution in [1.82, 2.24) is 4.98 Å². The third kappa shape index (κ3) is 2.45. The summed E-state index contributed by atoms with van der Waals surface area (Å²) in [5, 5.41) is 9.11. The van der Waals surface area contributed by atoms with E-state index in [4.69, 9.17) is 5.11 Å². The summed E-state index contributed by atoms with van der Waals surface area (Å²) < 4.78 is 0. The monoisotopic (exact) mass is 228 g/mol. The van der Waals surface area contributed by atoms with Crippen LogP contribution in [0.25, 0.3) is 0 Å². The van der Waals surface area contributed by atoms with Crippen molar-refractivity contribution >= 4 is 11.5 Å². The summed E-state index contributed by atoms with van der Waals surface area (Å²) in [6.45, 7) is 1.95. The second-order valence-electron chi connectivity index (χ2n) is 3.97. The highest BCUT2D eigenvalue weighted by Crippen LogP contribution is 2.22. The smallest absolute Gasteiger partial charge is 0.132 e. The van der Waals surface area contributed by atoms with E-state index in [0.717, 1.165) is 22.8 Å². The zero-order valence-corrected chi connectivity index (χ0v) is 10.1. The second-order valence-corrected chi connectivity index (χ2v) is 3.97. The van der Waals surface area contributed by atoms with Gasteiger partial charge < -0.3 is 10.0 Å². The Morgan fingerprint density at radius 2 is 1.82 bits per heavy atom. The molecule has 0 saturated carbocycles. The summed E-state index contributed by atoms with van der Waals surface area (Å²) in [5.74, 6) is 0.880. The van der Waals surface area contributed by atoms with Crippen molar-refractivity contribution in [2.75, 3.05) is 11.9 Å². The number of pyridine rings is 1. The van der Waals surface area contributed by atoms with Crippen LogP contribution >= 0.6 is 0 Å². The summed E-state index contributed by atoms with van der Waals surface area (Å²) >= 11 is 0. The van der Waals surface area contributed by atoms with E-state index in [9.17, 15) is 0 Å². The van der Waals surface area contributed by atoms with Gasteiger partial charge in [-0.1, -0.05) is 24.3 Å². The molecule has 0 aliphatic rings. The highest BCUT2D eigenvalue weighted by molar-refractivity contribution is 5.59. The molecule has 0 aliphatic heterocycles. The van der Waals surface area contributed by atoms with E-state index in [-0.39, 0.29) is 6.61 Å². The maximum atomic E-state index is 9.11. The molecular weight excluding hydrogens is 212 g/mol. The predicted molar refractivity (Wildman–Crippen MR) is 69.4 cm³/mol. The first-order chi connectivity index (χ1) is 8.22. The lowest BCUT2D eigenvalue weighted by molar-refractivity contribution is 0.280. The molecular formula is C14H16N2O. The topological polar surface area (TPSA) is 36.4 Å². The van der Waals surface area contributed by atoms with E-state index in [0.29, 0.717) is 0 Å². The zero-order chi connectivity index (χ0) is 12.3. The molecule has 0 amide bonds. The van der Waals surface area contributed by atoms with E-state index in [1.807, 2.05) is 61.3 Å². The standard InChI is InChI=1S/C14H16N2O/c1-11-12(10-17)8-9-14(15-11)16(2)13-6-4-3-5-7-13/h3-9,17H,10H2,1-2H3. The second kappa shape index (κ2) is 4.97. The zero-order valence-electron chi connectivity index (χ0n) is 10.1. The average molecular weight is 228 g/mol. The average Bonchev–Trinajstić information content (AvgIpc) is 2.39. The van der Waals surface area contributed by atoms with Crippen molar-refractivity contribution in [3.63, 3.8) is 0 Å². The van der Waals surface area contributed by atoms with Gasteiger partial charge in [0.25, 0.3) is 0 Å². The van der Waals surface area contributed by atoms with Crippen LogP contribution in [0.15, 0.2) is 42.5 Å². The number of para-hydroxylation sites is 1. The van der Waals surface area contributed by atoms with Gasteiger partial charge in [0, 0.05) is 18.4 Å². The van der Waals surface area contributed by atoms with Crippen LogP contribution in [0.4, 0.5) is 11.5 Å². The minimum absolute atomic E-state index is 0.0359. The SMILES string of the molecule is Cc1nc(N(C)c2ccccc2)ccc1CO. The van der Waals surface area contributed by atoms with Gasteiger partial charge in [-0.3, -0.25) is 0 Å². The van der Waals surface area contributed by atoms with Crippen LogP contribution in [0.2, 0.25) is 0 Å². The number of hydrogen-bond donors (Lipinski definition) is 1. The first-order valence-electron chi connectivity index (χ1n) is 5.58. The van der Waals surface area contributed by atoms with Crippen LogP contribution < -0.4 is 4.90 Å². The van der Waals surface area contributed by atoms with E-state index >= 15 is 0 Å². The van der Waals surface area contributed by atoms with Crippen molar-refractivity contribution < 1.29 is 5.11 Å². The fourth-order valence-electron chi connectivity index (χ4n) is 1.71. The maximum absolute atomic E-state index is 9.11. The largest absolute Gasteiger partial charge is 0.392 e. The number of benzene rings is 1. The molecule has 1 heterocycles. The number of aromatic nitrogens is 1. The highest BCUT2D eigenvalue weighted by atomic mass is 16.3. The molecule has 0 bridgehead atoms. The molecule has 0 radical (unpaired) electrons. The maximum Gasteiger partial charge on any atom is 0.132 e. The summed E-state index contributed by atoms with van der Waals surface area (Å²) in [7, 11) is 1.98. The molecule has 0 atom stereocenters. The van der Waals surface area contributed by atoms with Gasteiger partial charge in [-0.2, -0.15) is 0 Å². The Bertz CT molecular complexity index is 497. The summed E-state index contributed by atoms with van der Waals surface area (Å²) in [5.41, 5.74) is 2.83. The van der Waals surface area contributed by atoms with Crippen molar-refractivity contribution in [3.05, 3.63) is 53.7 Å². The minimum atomic E-state index is 0.0359. The Balaban J connectivity index is 2.32. The lowest BCUT2D eigenvalue weighted by Crippen LogP contribution is -2.12. The Morgan fingerprint density at radius 3 is 2.41 bits per heavy atom. The quantitative estimate of drug-likeness (QED) is 0.877. The molecule has 0 saturated heterocycles. The summed E-state index contributed by atoms with van der Waals surface area (Å²) in [4.78, 5) is 6.51. The van der Waals surface area contributed by atoms with E-state index in [1.165, 1.54) is 0 Å². The molecule has 88 valence electrons. The fraction of sp³-hybridized carbons (Fsp3) is 0.214. The van der Waals surface area contributed by atoms with Gasteiger partial charge >= 0.3 is 0 Å². The molecule has 0 spiro atoms. The van der Waals surface area contributed by atoms with Gasteiger partial charge in [-0.05, 0) is 30.7 Å². The molecule has 0 unspecified atom stereocenters. The molecule has 2 rings (SSSR count). The number of aryl methyl sites for hydroxylation is 1. The molecule has 0 aliphatic carbocycles. The number of hydrogen-bond acceptors (Lipinski definition) is 3. The Labute approximate surface area is 101 Å². The molecule has 2 aromatic rings. The Kier molecular flexibility index (Phi) is 3.40. The Morgan fingerprint density at radius 1 is 1.12 bits per heavy atom. The van der Waals surface area contributed by atoms with Gasteiger partial charge in [0.15, 0.2) is 0 Å². The summed E-state index contributed by atoms with van der Waals surface area (Å²) in [6.07, 6.45) is 0. The lowest BCUT2D eigenvalue weighted by atomic mass is 10.2. The summed E-state index contributed by atoms with van der Waals surface area (Å²) in [6, 6.07) is 13.9. The van der Waals surface area contributed by atoms with E-state index < -0.39 is 0 Å². The minimum Gasteiger partial charge on any atom is -0.392 e. The van der Waals surface area contributed by atoms with E-state index in [1.54, 1.807) is 0 Å². The van der Waals surface area contributed by atoms with Crippen LogP contribution in [0.3, 0.4) is 0 Å². The lowest BCUT2D eigenvalue weighted by Gasteiger charge is -2.19. The van der Waals surface area contributed by atoms with Gasteiger partial charge in [0.05, 0.1) is 6.61 Å². The molecule has 3 nitrogen and oxygen atoms in total. The highest BCUT2D eigenvalue weighted by Gasteiger charge is 2.06. The number of anilines is 2. The molecule has 1 aromatic heterocycles. The van der Waals surface area contributed by atoms with Gasteiger partial charge in [0.2, 0.25) is 0 Å². The van der Waals surface area contributed by atoms with Crippen molar-refractivity contribution in [2.24, 2.45) is 0 Å². The molecule has 17 heavy (non-hydrogen) atoms. The number of nitrogens with zero attached hydrogens (tertiary/aromatic N) is 2. The molecule has 1 N–H and O–H groups in total. The third-order valence-corrected chi connectivity index (χ3v) is 2.84. The number of rotatable bonds is 3. The molecule has 0 fully saturated rings. The van der Waals surface area contributed by atoms with Crippen molar-refractivity contribution in [1.29, 1.82) is 0 Å². The van der Waals surface area contributed by atoms with Crippen LogP contribution in [0, 0.1) is 6.92 Å². The molecule has 1 aromatic carbocycles. The normalized spacial score (nSPS) is 10.3. The third-order valence-electron chi connectivity index (χ3n) is 2.84. The van der Waals surface area contributed by atoms with Crippen molar-refractivity contribution in [2.45, 2.75) is 13.5 Å². The van der Waals surface area contributed by atoms with Crippen LogP contribution in [0.1, 0.15) is 11.3 Å². The number of aliphatic hydroxyl groups excluding tert-OH is 1. The van der Waals surface area contributed by atoms with Crippen LogP contribution in [-0.2, 0) is 6.61 Å². The van der Waals surface area contributed by atoms with Gasteiger partial charge in [-0.25, -0.2) is 4.98 Å². The first-order valence-corrected chi connectivity index (χ1v) is 5.58. The van der Waals surface area contributed by atoms with Gasteiger partial charge in [-0.15, -0.1) is 0 Å². The van der Waals surface area contributed by atoms with Crippen LogP contribution in [0.5, 0.6) is 0 Å². The molecule has 3 heteroatoms. The van der Waals surface area contributed by atoms with Crippen LogP contribution in [-0.4, -0.2) is 17.1 Å². The van der Waals surface area contributed by atoms with E-state index in [2.05, 4.69) is 4.98 Å². The fourth-order valence-corrected chi connectivity index (χ4v) is 1.71. The Hall–Kier alpha value is -1.87. The number of aliphatic hydroxyl groups is 1. The predicted octanol–water partition coefficient (Wildman–Crippen LogP) is 2.65. The van der Waals surface area contributed by atoms with Gasteiger partial charge in [0.1, 0.15) is 5.82 Å². The first kappa shape index (κ1) is 11.6. The van der Waals surface area contributed by atoms with Crippen molar-refractivity contribution in [3.8, 4) is 0 Å².